The number of carbonyl (C=O) groups excluding carboxylic acids is 1. The maximum atomic E-state index is 12.3. The summed E-state index contributed by atoms with van der Waals surface area (Å²) in [4.78, 5) is 14.1. The Balaban J connectivity index is 1.68. The molecular formula is C17H26N2O2. The first-order chi connectivity index (χ1) is 10.2. The molecule has 0 aromatic heterocycles. The number of piperidine rings is 1. The number of amides is 1. The molecule has 4 nitrogen and oxygen atoms in total. The second-order valence-corrected chi connectivity index (χ2v) is 5.75. The number of nitrogens with one attached hydrogen (secondary N) is 1. The van der Waals surface area contributed by atoms with Crippen LogP contribution in [0.2, 0.25) is 0 Å². The molecule has 4 heteroatoms. The van der Waals surface area contributed by atoms with Gasteiger partial charge in [0, 0.05) is 19.5 Å². The smallest absolute Gasteiger partial charge is 0.225 e. The Hall–Kier alpha value is -1.55. The summed E-state index contributed by atoms with van der Waals surface area (Å²) in [6.07, 6.45) is 2.79. The van der Waals surface area contributed by atoms with Crippen molar-refractivity contribution in [1.82, 2.24) is 10.2 Å². The first kappa shape index (κ1) is 15.8. The van der Waals surface area contributed by atoms with Gasteiger partial charge in [0.05, 0.1) is 6.61 Å². The summed E-state index contributed by atoms with van der Waals surface area (Å²) >= 11 is 0. The molecule has 0 aliphatic carbocycles. The van der Waals surface area contributed by atoms with Gasteiger partial charge >= 0.3 is 0 Å². The van der Waals surface area contributed by atoms with E-state index in [1.165, 1.54) is 0 Å². The van der Waals surface area contributed by atoms with Gasteiger partial charge in [-0.1, -0.05) is 18.2 Å². The normalized spacial score (nSPS) is 15.7. The minimum absolute atomic E-state index is 0.202. The second kappa shape index (κ2) is 8.03. The fraction of sp³-hybridized carbons (Fsp3) is 0.588. The van der Waals surface area contributed by atoms with Crippen molar-refractivity contribution in [1.29, 1.82) is 0 Å². The molecule has 1 saturated heterocycles. The Morgan fingerprint density at radius 2 is 2.05 bits per heavy atom. The van der Waals surface area contributed by atoms with Crippen molar-refractivity contribution in [3.63, 3.8) is 0 Å². The predicted octanol–water partition coefficient (Wildman–Crippen LogP) is 2.22. The van der Waals surface area contributed by atoms with Gasteiger partial charge in [-0.25, -0.2) is 0 Å². The second-order valence-electron chi connectivity index (χ2n) is 5.75. The van der Waals surface area contributed by atoms with Crippen molar-refractivity contribution in [3.8, 4) is 5.75 Å². The third-order valence-electron chi connectivity index (χ3n) is 4.05. The molecule has 0 atom stereocenters. The fourth-order valence-corrected chi connectivity index (χ4v) is 2.69. The van der Waals surface area contributed by atoms with Gasteiger partial charge in [-0.15, -0.1) is 0 Å². The number of nitrogens with zero attached hydrogens (tertiary/aromatic N) is 1. The molecule has 0 unspecified atom stereocenters. The van der Waals surface area contributed by atoms with E-state index in [1.807, 2.05) is 43.1 Å². The average molecular weight is 290 g/mol. The van der Waals surface area contributed by atoms with Crippen LogP contribution < -0.4 is 10.1 Å². The number of benzene rings is 1. The van der Waals surface area contributed by atoms with E-state index in [0.717, 1.165) is 50.2 Å². The number of rotatable bonds is 6. The van der Waals surface area contributed by atoms with Crippen molar-refractivity contribution in [2.24, 2.45) is 5.92 Å². The predicted molar refractivity (Wildman–Crippen MR) is 84.5 cm³/mol. The number of hydrogen-bond donors (Lipinski definition) is 1. The summed E-state index contributed by atoms with van der Waals surface area (Å²) in [5.41, 5.74) is 1.15. The lowest BCUT2D eigenvalue weighted by Crippen LogP contribution is -2.39. The summed E-state index contributed by atoms with van der Waals surface area (Å²) in [7, 11) is 1.90. The van der Waals surface area contributed by atoms with Crippen LogP contribution in [0, 0.1) is 12.8 Å². The molecule has 1 aliphatic rings. The van der Waals surface area contributed by atoms with Gasteiger partial charge in [0.1, 0.15) is 5.75 Å². The molecular weight excluding hydrogens is 264 g/mol. The lowest BCUT2D eigenvalue weighted by molar-refractivity contribution is -0.135. The number of hydrogen-bond acceptors (Lipinski definition) is 3. The van der Waals surface area contributed by atoms with E-state index in [1.54, 1.807) is 0 Å². The van der Waals surface area contributed by atoms with E-state index >= 15 is 0 Å². The van der Waals surface area contributed by atoms with Crippen molar-refractivity contribution < 1.29 is 9.53 Å². The molecule has 1 heterocycles. The van der Waals surface area contributed by atoms with Crippen molar-refractivity contribution in [2.75, 3.05) is 33.3 Å². The fourth-order valence-electron chi connectivity index (χ4n) is 2.69. The van der Waals surface area contributed by atoms with E-state index in [0.29, 0.717) is 6.61 Å². The molecule has 2 rings (SSSR count). The molecule has 1 aliphatic heterocycles. The number of para-hydroxylation sites is 1. The van der Waals surface area contributed by atoms with Crippen LogP contribution in [-0.4, -0.2) is 44.1 Å². The van der Waals surface area contributed by atoms with E-state index in [9.17, 15) is 4.79 Å². The zero-order chi connectivity index (χ0) is 15.1. The van der Waals surface area contributed by atoms with Crippen LogP contribution in [0.15, 0.2) is 24.3 Å². The summed E-state index contributed by atoms with van der Waals surface area (Å²) < 4.78 is 5.76. The van der Waals surface area contributed by atoms with Crippen molar-refractivity contribution >= 4 is 5.91 Å². The SMILES string of the molecule is Cc1ccccc1OCCCN(C)C(=O)C1CCNCC1. The minimum Gasteiger partial charge on any atom is -0.493 e. The molecule has 0 saturated carbocycles. The summed E-state index contributed by atoms with van der Waals surface area (Å²) in [5, 5.41) is 3.29. The third-order valence-corrected chi connectivity index (χ3v) is 4.05. The zero-order valence-electron chi connectivity index (χ0n) is 13.1. The molecule has 1 fully saturated rings. The van der Waals surface area contributed by atoms with E-state index < -0.39 is 0 Å². The topological polar surface area (TPSA) is 41.6 Å². The third kappa shape index (κ3) is 4.74. The van der Waals surface area contributed by atoms with Crippen LogP contribution in [0.5, 0.6) is 5.75 Å². The molecule has 0 radical (unpaired) electrons. The van der Waals surface area contributed by atoms with Gasteiger partial charge in [-0.3, -0.25) is 4.79 Å². The minimum atomic E-state index is 0.202. The van der Waals surface area contributed by atoms with Gasteiger partial charge in [-0.05, 0) is 50.9 Å². The highest BCUT2D eigenvalue weighted by atomic mass is 16.5. The Labute approximate surface area is 127 Å². The molecule has 21 heavy (non-hydrogen) atoms. The molecule has 1 amide bonds. The average Bonchev–Trinajstić information content (AvgIpc) is 2.53. The molecule has 1 aromatic rings. The van der Waals surface area contributed by atoms with Gasteiger partial charge in [0.15, 0.2) is 0 Å². The van der Waals surface area contributed by atoms with Crippen LogP contribution in [-0.2, 0) is 4.79 Å². The number of carbonyl (C=O) groups is 1. The van der Waals surface area contributed by atoms with Gasteiger partial charge in [0.2, 0.25) is 5.91 Å². The van der Waals surface area contributed by atoms with Crippen molar-refractivity contribution in [2.45, 2.75) is 26.2 Å². The van der Waals surface area contributed by atoms with Gasteiger partial charge < -0.3 is 15.0 Å². The standard InChI is InChI=1S/C17H26N2O2/c1-14-6-3-4-7-16(14)21-13-5-12-19(2)17(20)15-8-10-18-11-9-15/h3-4,6-7,15,18H,5,8-13H2,1-2H3. The van der Waals surface area contributed by atoms with Crippen LogP contribution in [0.3, 0.4) is 0 Å². The maximum absolute atomic E-state index is 12.3. The number of aryl methyl sites for hydroxylation is 1. The molecule has 1 N–H and O–H groups in total. The van der Waals surface area contributed by atoms with E-state index in [2.05, 4.69) is 5.32 Å². The van der Waals surface area contributed by atoms with Crippen molar-refractivity contribution in [3.05, 3.63) is 29.8 Å². The van der Waals surface area contributed by atoms with Gasteiger partial charge in [0.25, 0.3) is 0 Å². The lowest BCUT2D eigenvalue weighted by atomic mass is 9.97. The Morgan fingerprint density at radius 1 is 1.33 bits per heavy atom. The first-order valence-electron chi connectivity index (χ1n) is 7.82. The largest absolute Gasteiger partial charge is 0.493 e. The van der Waals surface area contributed by atoms with Crippen LogP contribution in [0.4, 0.5) is 0 Å². The monoisotopic (exact) mass is 290 g/mol. The summed E-state index contributed by atoms with van der Waals surface area (Å²) in [6, 6.07) is 8.02. The van der Waals surface area contributed by atoms with Crippen LogP contribution in [0.25, 0.3) is 0 Å². The Kier molecular flexibility index (Phi) is 6.05. The molecule has 1 aromatic carbocycles. The van der Waals surface area contributed by atoms with Gasteiger partial charge in [-0.2, -0.15) is 0 Å². The highest BCUT2D eigenvalue weighted by Crippen LogP contribution is 2.17. The van der Waals surface area contributed by atoms with E-state index in [-0.39, 0.29) is 11.8 Å². The Morgan fingerprint density at radius 3 is 2.76 bits per heavy atom. The van der Waals surface area contributed by atoms with Crippen LogP contribution >= 0.6 is 0 Å². The number of ether oxygens (including phenoxy) is 1. The molecule has 0 bridgehead atoms. The van der Waals surface area contributed by atoms with E-state index in [4.69, 9.17) is 4.74 Å². The highest BCUT2D eigenvalue weighted by Gasteiger charge is 2.23. The summed E-state index contributed by atoms with van der Waals surface area (Å²) in [5.74, 6) is 1.42. The van der Waals surface area contributed by atoms with Crippen LogP contribution in [0.1, 0.15) is 24.8 Å². The maximum Gasteiger partial charge on any atom is 0.225 e. The quantitative estimate of drug-likeness (QED) is 0.817. The molecule has 116 valence electrons. The molecule has 0 spiro atoms. The summed E-state index contributed by atoms with van der Waals surface area (Å²) in [6.45, 7) is 5.37. The highest BCUT2D eigenvalue weighted by molar-refractivity contribution is 5.78. The first-order valence-corrected chi connectivity index (χ1v) is 7.82. The lowest BCUT2D eigenvalue weighted by Gasteiger charge is -2.27. The zero-order valence-corrected chi connectivity index (χ0v) is 13.1. The Bertz CT molecular complexity index is 456.